The molecule has 0 rings (SSSR count). The molecule has 5 nitrogen and oxygen atoms in total. The third kappa shape index (κ3) is 14.4. The second-order valence-corrected chi connectivity index (χ2v) is 3.50. The quantitative estimate of drug-likeness (QED) is 0.489. The monoisotopic (exact) mass is 244 g/mol. The normalized spacial score (nSPS) is 10.2. The topological polar surface area (TPSA) is 94.8 Å². The number of carboxylic acids is 2. The second-order valence-electron chi connectivity index (χ2n) is 3.50. The minimum absolute atomic E-state index is 0.176. The number of allylic oxidation sites excluding steroid dienone is 1. The smallest absolute Gasteiger partial charge is 0.330 e. The molecule has 0 unspecified atom stereocenters. The Kier molecular flexibility index (Phi) is 11.4. The molecule has 0 saturated heterocycles. The highest BCUT2D eigenvalue weighted by Gasteiger charge is 1.96. The summed E-state index contributed by atoms with van der Waals surface area (Å²) in [6.07, 6.45) is 4.00. The molecule has 0 amide bonds. The van der Waals surface area contributed by atoms with E-state index in [4.69, 9.17) is 15.3 Å². The molecule has 0 spiro atoms. The van der Waals surface area contributed by atoms with Crippen LogP contribution in [0.4, 0.5) is 0 Å². The van der Waals surface area contributed by atoms with Crippen LogP contribution in [0.2, 0.25) is 0 Å². The molecule has 5 heteroatoms. The molecule has 0 heterocycles. The highest BCUT2D eigenvalue weighted by atomic mass is 16.4. The number of hydrogen-bond donors (Lipinski definition) is 3. The zero-order valence-electron chi connectivity index (χ0n) is 10.3. The van der Waals surface area contributed by atoms with Crippen LogP contribution in [0.15, 0.2) is 23.8 Å². The number of aliphatic hydroxyl groups excluding tert-OH is 1. The maximum Gasteiger partial charge on any atom is 0.330 e. The Morgan fingerprint density at radius 2 is 1.59 bits per heavy atom. The summed E-state index contributed by atoms with van der Waals surface area (Å²) in [5, 5.41) is 24.7. The molecule has 0 bridgehead atoms. The predicted molar refractivity (Wildman–Crippen MR) is 64.8 cm³/mol. The molecule has 0 aromatic heterocycles. The van der Waals surface area contributed by atoms with Crippen LogP contribution < -0.4 is 0 Å². The molecule has 3 N–H and O–H groups in total. The van der Waals surface area contributed by atoms with Gasteiger partial charge in [0.25, 0.3) is 0 Å². The summed E-state index contributed by atoms with van der Waals surface area (Å²) in [7, 11) is 0. The van der Waals surface area contributed by atoms with Crippen LogP contribution in [0, 0.1) is 0 Å². The van der Waals surface area contributed by atoms with Gasteiger partial charge >= 0.3 is 11.9 Å². The minimum Gasteiger partial charge on any atom is -0.478 e. The van der Waals surface area contributed by atoms with E-state index < -0.39 is 11.9 Å². The second kappa shape index (κ2) is 10.9. The lowest BCUT2D eigenvalue weighted by Crippen LogP contribution is -1.95. The number of aliphatic hydroxyl groups is 1. The summed E-state index contributed by atoms with van der Waals surface area (Å²) in [6.45, 7) is 6.35. The molecule has 0 aliphatic rings. The van der Waals surface area contributed by atoms with Crippen molar-refractivity contribution in [3.8, 4) is 0 Å². The maximum absolute atomic E-state index is 10.2. The summed E-state index contributed by atoms with van der Waals surface area (Å²) in [6, 6.07) is 0. The van der Waals surface area contributed by atoms with E-state index in [0.717, 1.165) is 19.3 Å². The molecule has 0 aliphatic carbocycles. The molecule has 0 radical (unpaired) electrons. The Balaban J connectivity index is 0. The summed E-state index contributed by atoms with van der Waals surface area (Å²) < 4.78 is 0. The van der Waals surface area contributed by atoms with Gasteiger partial charge in [-0.3, -0.25) is 0 Å². The lowest BCUT2D eigenvalue weighted by atomic mass is 10.2. The molecule has 17 heavy (non-hydrogen) atoms. The number of unbranched alkanes of at least 4 members (excludes halogenated alkanes) is 2. The molecule has 0 saturated carbocycles. The molecule has 0 aromatic carbocycles. The molecule has 0 atom stereocenters. The van der Waals surface area contributed by atoms with Gasteiger partial charge < -0.3 is 15.3 Å². The molecule has 0 fully saturated rings. The largest absolute Gasteiger partial charge is 0.478 e. The highest BCUT2D eigenvalue weighted by molar-refractivity contribution is 5.85. The Morgan fingerprint density at radius 3 is 1.88 bits per heavy atom. The number of carbonyl (C=O) groups is 2. The standard InChI is InChI=1S/C8H14O3.C4H6O2/c1-7(8(10)11)5-3-2-4-6-9;1-3(2)4(5)6/h5,9H,2-4,6H2,1H3,(H,10,11);1H2,2H3,(H,5,6). The van der Waals surface area contributed by atoms with Gasteiger partial charge in [-0.05, 0) is 33.1 Å². The number of aliphatic carboxylic acids is 2. The summed E-state index contributed by atoms with van der Waals surface area (Å²) >= 11 is 0. The van der Waals surface area contributed by atoms with Crippen molar-refractivity contribution < 1.29 is 24.9 Å². The van der Waals surface area contributed by atoms with Crippen molar-refractivity contribution in [2.75, 3.05) is 6.61 Å². The van der Waals surface area contributed by atoms with Gasteiger partial charge in [-0.1, -0.05) is 12.7 Å². The third-order valence-electron chi connectivity index (χ3n) is 1.77. The summed E-state index contributed by atoms with van der Waals surface area (Å²) in [4.78, 5) is 19.8. The highest BCUT2D eigenvalue weighted by Crippen LogP contribution is 2.00. The zero-order valence-corrected chi connectivity index (χ0v) is 10.3. The van der Waals surface area contributed by atoms with E-state index in [1.54, 1.807) is 13.0 Å². The van der Waals surface area contributed by atoms with E-state index in [2.05, 4.69) is 6.58 Å². The van der Waals surface area contributed by atoms with Crippen molar-refractivity contribution in [2.45, 2.75) is 33.1 Å². The van der Waals surface area contributed by atoms with Gasteiger partial charge in [-0.15, -0.1) is 0 Å². The van der Waals surface area contributed by atoms with Crippen LogP contribution in [0.5, 0.6) is 0 Å². The van der Waals surface area contributed by atoms with Gasteiger partial charge in [0.1, 0.15) is 0 Å². The Bertz CT molecular complexity index is 279. The van der Waals surface area contributed by atoms with Gasteiger partial charge in [0.15, 0.2) is 0 Å². The first kappa shape index (κ1) is 17.8. The summed E-state index contributed by atoms with van der Waals surface area (Å²) in [5.41, 5.74) is 0.554. The number of rotatable bonds is 6. The lowest BCUT2D eigenvalue weighted by molar-refractivity contribution is -0.133. The fourth-order valence-electron chi connectivity index (χ4n) is 0.662. The van der Waals surface area contributed by atoms with Crippen LogP contribution in [-0.4, -0.2) is 33.9 Å². The van der Waals surface area contributed by atoms with Crippen molar-refractivity contribution in [1.29, 1.82) is 0 Å². The van der Waals surface area contributed by atoms with Crippen LogP contribution in [0.1, 0.15) is 33.1 Å². The van der Waals surface area contributed by atoms with Gasteiger partial charge in [0, 0.05) is 17.8 Å². The van der Waals surface area contributed by atoms with Gasteiger partial charge in [0.2, 0.25) is 0 Å². The van der Waals surface area contributed by atoms with E-state index in [1.807, 2.05) is 0 Å². The van der Waals surface area contributed by atoms with Crippen LogP contribution >= 0.6 is 0 Å². The van der Waals surface area contributed by atoms with Crippen molar-refractivity contribution >= 4 is 11.9 Å². The van der Waals surface area contributed by atoms with Crippen molar-refractivity contribution in [3.63, 3.8) is 0 Å². The van der Waals surface area contributed by atoms with E-state index in [9.17, 15) is 9.59 Å². The fourth-order valence-corrected chi connectivity index (χ4v) is 0.662. The molecule has 0 aliphatic heterocycles. The van der Waals surface area contributed by atoms with Gasteiger partial charge in [-0.2, -0.15) is 0 Å². The van der Waals surface area contributed by atoms with E-state index in [0.29, 0.717) is 5.57 Å². The van der Waals surface area contributed by atoms with Crippen molar-refractivity contribution in [2.24, 2.45) is 0 Å². The van der Waals surface area contributed by atoms with Gasteiger partial charge in [0.05, 0.1) is 0 Å². The average Bonchev–Trinajstić information content (AvgIpc) is 2.24. The van der Waals surface area contributed by atoms with Crippen molar-refractivity contribution in [1.82, 2.24) is 0 Å². The van der Waals surface area contributed by atoms with E-state index >= 15 is 0 Å². The summed E-state index contributed by atoms with van der Waals surface area (Å²) in [5.74, 6) is -1.80. The van der Waals surface area contributed by atoms with E-state index in [-0.39, 0.29) is 12.2 Å². The lowest BCUT2D eigenvalue weighted by Gasteiger charge is -1.93. The zero-order chi connectivity index (χ0) is 13.8. The van der Waals surface area contributed by atoms with Gasteiger partial charge in [-0.25, -0.2) is 9.59 Å². The number of carboxylic acid groups (broad SMARTS) is 2. The first-order chi connectivity index (χ1) is 7.82. The first-order valence-corrected chi connectivity index (χ1v) is 5.22. The van der Waals surface area contributed by atoms with Crippen LogP contribution in [0.25, 0.3) is 0 Å². The van der Waals surface area contributed by atoms with Crippen LogP contribution in [-0.2, 0) is 9.59 Å². The fraction of sp³-hybridized carbons (Fsp3) is 0.500. The molecule has 98 valence electrons. The average molecular weight is 244 g/mol. The Morgan fingerprint density at radius 1 is 1.12 bits per heavy atom. The van der Waals surface area contributed by atoms with Crippen LogP contribution in [0.3, 0.4) is 0 Å². The van der Waals surface area contributed by atoms with Crippen molar-refractivity contribution in [3.05, 3.63) is 23.8 Å². The molecular weight excluding hydrogens is 224 g/mol. The Hall–Kier alpha value is -1.62. The SMILES string of the molecule is C=C(C)C(=O)O.CC(=CCCCCO)C(=O)O. The first-order valence-electron chi connectivity index (χ1n) is 5.22. The molecule has 0 aromatic rings. The van der Waals surface area contributed by atoms with E-state index in [1.165, 1.54) is 6.92 Å². The maximum atomic E-state index is 10.2. The number of hydrogen-bond acceptors (Lipinski definition) is 3. The molecular formula is C12H20O5. The minimum atomic E-state index is -0.935. The Labute approximate surface area is 101 Å². The third-order valence-corrected chi connectivity index (χ3v) is 1.77. The predicted octanol–water partition coefficient (Wildman–Crippen LogP) is 1.83.